The van der Waals surface area contributed by atoms with Crippen molar-refractivity contribution in [3.8, 4) is 0 Å². The predicted molar refractivity (Wildman–Crippen MR) is 91.5 cm³/mol. The molecule has 3 rings (SSSR count). The zero-order valence-corrected chi connectivity index (χ0v) is 13.7. The highest BCUT2D eigenvalue weighted by Gasteiger charge is 2.21. The summed E-state index contributed by atoms with van der Waals surface area (Å²) in [5, 5.41) is 10.5. The maximum absolute atomic E-state index is 13.4. The van der Waals surface area contributed by atoms with Gasteiger partial charge in [-0.05, 0) is 31.0 Å². The van der Waals surface area contributed by atoms with Crippen LogP contribution in [0.15, 0.2) is 46.1 Å². The van der Waals surface area contributed by atoms with Gasteiger partial charge in [0.2, 0.25) is 0 Å². The number of nitrogens with zero attached hydrogens (tertiary/aromatic N) is 3. The lowest BCUT2D eigenvalue weighted by Crippen LogP contribution is -2.51. The summed E-state index contributed by atoms with van der Waals surface area (Å²) >= 11 is 0. The molecule has 6 nitrogen and oxygen atoms in total. The van der Waals surface area contributed by atoms with E-state index < -0.39 is 0 Å². The first kappa shape index (κ1) is 16.3. The number of nitrogens with one attached hydrogen (secondary N) is 2. The number of rotatable bonds is 4. The minimum atomic E-state index is -0.201. The molecule has 0 aliphatic carbocycles. The molecule has 2 aromatic rings. The van der Waals surface area contributed by atoms with Gasteiger partial charge in [0.15, 0.2) is 5.96 Å². The third-order valence-corrected chi connectivity index (χ3v) is 4.09. The van der Waals surface area contributed by atoms with Crippen molar-refractivity contribution in [2.75, 3.05) is 25.0 Å². The molecule has 1 atom stereocenters. The normalized spacial score (nSPS) is 18.5. The fraction of sp³-hybridized carbons (Fsp3) is 0.412. The number of aromatic nitrogens is 1. The summed E-state index contributed by atoms with van der Waals surface area (Å²) in [5.41, 5.74) is 1.75. The Bertz CT molecular complexity index is 673. The lowest BCUT2D eigenvalue weighted by molar-refractivity contribution is 0.410. The van der Waals surface area contributed by atoms with E-state index in [9.17, 15) is 4.39 Å². The molecule has 1 aromatic carbocycles. The summed E-state index contributed by atoms with van der Waals surface area (Å²) in [6.07, 6.45) is 3.65. The van der Waals surface area contributed by atoms with Gasteiger partial charge in [-0.25, -0.2) is 4.39 Å². The van der Waals surface area contributed by atoms with Crippen LogP contribution in [0, 0.1) is 5.82 Å². The summed E-state index contributed by atoms with van der Waals surface area (Å²) in [6, 6.07) is 8.82. The molecule has 1 aliphatic rings. The van der Waals surface area contributed by atoms with Crippen LogP contribution in [0.5, 0.6) is 0 Å². The lowest BCUT2D eigenvalue weighted by atomic mass is 10.0. The van der Waals surface area contributed by atoms with Crippen LogP contribution in [-0.4, -0.2) is 37.3 Å². The van der Waals surface area contributed by atoms with Gasteiger partial charge >= 0.3 is 0 Å². The van der Waals surface area contributed by atoms with Gasteiger partial charge in [0.1, 0.15) is 17.8 Å². The monoisotopic (exact) mass is 331 g/mol. The maximum atomic E-state index is 13.4. The number of hydrogen-bond acceptors (Lipinski definition) is 4. The van der Waals surface area contributed by atoms with Gasteiger partial charge in [-0.3, -0.25) is 4.99 Å². The predicted octanol–water partition coefficient (Wildman–Crippen LogP) is 2.15. The number of anilines is 1. The second-order valence-electron chi connectivity index (χ2n) is 5.83. The zero-order chi connectivity index (χ0) is 16.8. The molecule has 1 unspecified atom stereocenters. The number of piperidine rings is 1. The van der Waals surface area contributed by atoms with E-state index in [2.05, 4.69) is 25.7 Å². The van der Waals surface area contributed by atoms with Crippen molar-refractivity contribution < 1.29 is 8.91 Å². The molecule has 1 aromatic heterocycles. The largest absolute Gasteiger partial charge is 0.369 e. The second-order valence-corrected chi connectivity index (χ2v) is 5.83. The topological polar surface area (TPSA) is 65.7 Å². The number of aliphatic imine (C=N–C) groups is 1. The number of halogens is 1. The average molecular weight is 331 g/mol. The van der Waals surface area contributed by atoms with Gasteiger partial charge < -0.3 is 20.1 Å². The van der Waals surface area contributed by atoms with E-state index in [0.717, 1.165) is 43.3 Å². The molecule has 24 heavy (non-hydrogen) atoms. The Labute approximate surface area is 140 Å². The van der Waals surface area contributed by atoms with Crippen molar-refractivity contribution in [3.05, 3.63) is 48.1 Å². The number of benzene rings is 1. The van der Waals surface area contributed by atoms with E-state index in [0.29, 0.717) is 6.54 Å². The molecule has 0 saturated carbocycles. The molecule has 0 radical (unpaired) electrons. The van der Waals surface area contributed by atoms with Gasteiger partial charge in [-0.2, -0.15) is 0 Å². The van der Waals surface area contributed by atoms with E-state index >= 15 is 0 Å². The maximum Gasteiger partial charge on any atom is 0.191 e. The molecule has 7 heteroatoms. The summed E-state index contributed by atoms with van der Waals surface area (Å²) in [5.74, 6) is 0.525. The van der Waals surface area contributed by atoms with Crippen LogP contribution < -0.4 is 15.5 Å². The van der Waals surface area contributed by atoms with E-state index in [1.54, 1.807) is 25.4 Å². The molecule has 2 N–H and O–H groups in total. The van der Waals surface area contributed by atoms with Crippen molar-refractivity contribution in [2.24, 2.45) is 4.99 Å². The molecule has 0 spiro atoms. The van der Waals surface area contributed by atoms with E-state index in [1.807, 2.05) is 12.1 Å². The van der Waals surface area contributed by atoms with Gasteiger partial charge in [0, 0.05) is 37.9 Å². The molecular weight excluding hydrogens is 309 g/mol. The van der Waals surface area contributed by atoms with Crippen LogP contribution >= 0.6 is 0 Å². The minimum Gasteiger partial charge on any atom is -0.369 e. The zero-order valence-electron chi connectivity index (χ0n) is 13.7. The average Bonchev–Trinajstić information content (AvgIpc) is 3.12. The van der Waals surface area contributed by atoms with Crippen LogP contribution in [0.2, 0.25) is 0 Å². The first-order chi connectivity index (χ1) is 11.7. The third kappa shape index (κ3) is 4.24. The SMILES string of the molecule is CN=C(NCc1ccon1)NC1CCCN(c2cccc(F)c2)C1. The number of hydrogen-bond donors (Lipinski definition) is 2. The van der Waals surface area contributed by atoms with Gasteiger partial charge in [-0.1, -0.05) is 11.2 Å². The Morgan fingerprint density at radius 3 is 3.12 bits per heavy atom. The highest BCUT2D eigenvalue weighted by molar-refractivity contribution is 5.80. The first-order valence-electron chi connectivity index (χ1n) is 8.11. The van der Waals surface area contributed by atoms with Crippen LogP contribution in [0.4, 0.5) is 10.1 Å². The van der Waals surface area contributed by atoms with Gasteiger partial charge in [0.25, 0.3) is 0 Å². The number of guanidine groups is 1. The third-order valence-electron chi connectivity index (χ3n) is 4.09. The molecule has 128 valence electrons. The van der Waals surface area contributed by atoms with Crippen molar-refractivity contribution in [1.29, 1.82) is 0 Å². The fourth-order valence-corrected chi connectivity index (χ4v) is 2.89. The first-order valence-corrected chi connectivity index (χ1v) is 8.11. The Morgan fingerprint density at radius 1 is 1.46 bits per heavy atom. The van der Waals surface area contributed by atoms with Crippen LogP contribution in [0.3, 0.4) is 0 Å². The lowest BCUT2D eigenvalue weighted by Gasteiger charge is -2.35. The minimum absolute atomic E-state index is 0.201. The highest BCUT2D eigenvalue weighted by Crippen LogP contribution is 2.20. The van der Waals surface area contributed by atoms with Crippen molar-refractivity contribution >= 4 is 11.6 Å². The molecular formula is C17H22FN5O. The second kappa shape index (κ2) is 7.81. The molecule has 1 aliphatic heterocycles. The summed E-state index contributed by atoms with van der Waals surface area (Å²) in [7, 11) is 1.74. The Hall–Kier alpha value is -2.57. The Kier molecular flexibility index (Phi) is 5.30. The molecule has 0 bridgehead atoms. The summed E-state index contributed by atoms with van der Waals surface area (Å²) in [6.45, 7) is 2.30. The molecule has 0 amide bonds. The molecule has 1 saturated heterocycles. The standard InChI is InChI=1S/C17H22FN5O/c1-19-17(20-11-14-7-9-24-22-14)21-15-5-3-8-23(12-15)16-6-2-4-13(18)10-16/h2,4,6-7,9-10,15H,3,5,8,11-12H2,1H3,(H2,19,20,21). The smallest absolute Gasteiger partial charge is 0.191 e. The van der Waals surface area contributed by atoms with Crippen molar-refractivity contribution in [1.82, 2.24) is 15.8 Å². The van der Waals surface area contributed by atoms with Gasteiger partial charge in [0.05, 0.1) is 6.54 Å². The highest BCUT2D eigenvalue weighted by atomic mass is 19.1. The van der Waals surface area contributed by atoms with Crippen LogP contribution in [0.25, 0.3) is 0 Å². The Balaban J connectivity index is 1.56. The summed E-state index contributed by atoms with van der Waals surface area (Å²) < 4.78 is 18.2. The molecule has 2 heterocycles. The van der Waals surface area contributed by atoms with E-state index in [4.69, 9.17) is 4.52 Å². The van der Waals surface area contributed by atoms with Crippen LogP contribution in [-0.2, 0) is 6.54 Å². The quantitative estimate of drug-likeness (QED) is 0.664. The Morgan fingerprint density at radius 2 is 2.38 bits per heavy atom. The molecule has 1 fully saturated rings. The van der Waals surface area contributed by atoms with Crippen molar-refractivity contribution in [3.63, 3.8) is 0 Å². The van der Waals surface area contributed by atoms with Crippen molar-refractivity contribution in [2.45, 2.75) is 25.4 Å². The van der Waals surface area contributed by atoms with E-state index in [1.165, 1.54) is 6.07 Å². The van der Waals surface area contributed by atoms with Gasteiger partial charge in [-0.15, -0.1) is 0 Å². The fourth-order valence-electron chi connectivity index (χ4n) is 2.89. The van der Waals surface area contributed by atoms with E-state index in [-0.39, 0.29) is 11.9 Å². The summed E-state index contributed by atoms with van der Waals surface area (Å²) in [4.78, 5) is 6.45. The van der Waals surface area contributed by atoms with Crippen LogP contribution in [0.1, 0.15) is 18.5 Å².